The van der Waals surface area contributed by atoms with Crippen LogP contribution in [0.25, 0.3) is 0 Å². The zero-order valence-electron chi connectivity index (χ0n) is 8.22. The Balaban J connectivity index is 3.83. The van der Waals surface area contributed by atoms with Crippen LogP contribution >= 0.6 is 0 Å². The molecule has 2 atom stereocenters. The Kier molecular flexibility index (Phi) is 4.04. The predicted molar refractivity (Wildman–Crippen MR) is 46.6 cm³/mol. The van der Waals surface area contributed by atoms with E-state index in [1.54, 1.807) is 6.92 Å². The fourth-order valence-electron chi connectivity index (χ4n) is 0.685. The van der Waals surface area contributed by atoms with Crippen LogP contribution < -0.4 is 0 Å². The summed E-state index contributed by atoms with van der Waals surface area (Å²) in [6, 6.07) is 0. The number of ether oxygens (including phenoxy) is 1. The normalized spacial score (nSPS) is 18.0. The zero-order valence-corrected chi connectivity index (χ0v) is 8.22. The van der Waals surface area contributed by atoms with Crippen LogP contribution in [0.4, 0.5) is 0 Å². The Morgan fingerprint density at radius 1 is 1.36 bits per heavy atom. The van der Waals surface area contributed by atoms with E-state index in [-0.39, 0.29) is 17.8 Å². The van der Waals surface area contributed by atoms with E-state index in [0.717, 1.165) is 6.42 Å². The van der Waals surface area contributed by atoms with Crippen molar-refractivity contribution >= 4 is 0 Å². The van der Waals surface area contributed by atoms with E-state index in [9.17, 15) is 0 Å². The Morgan fingerprint density at radius 2 is 1.82 bits per heavy atom. The second kappa shape index (κ2) is 4.07. The fraction of sp³-hybridized carbons (Fsp3) is 1.00. The first-order valence-corrected chi connectivity index (χ1v) is 4.25. The average Bonchev–Trinajstić information content (AvgIpc) is 1.87. The lowest BCUT2D eigenvalue weighted by molar-refractivity contribution is -0.107. The minimum Gasteiger partial charge on any atom is -0.391 e. The van der Waals surface area contributed by atoms with Gasteiger partial charge < -0.3 is 9.84 Å². The maximum Gasteiger partial charge on any atom is 0.0810 e. The Morgan fingerprint density at radius 3 is 2.09 bits per heavy atom. The smallest absolute Gasteiger partial charge is 0.0810 e. The number of aliphatic hydroxyl groups excluding tert-OH is 1. The maximum absolute atomic E-state index is 9.15. The standard InChI is InChI=1S/C9H20O2/c1-6-9(4,5)11-8(3)7(2)10/h7-8,10H,6H2,1-5H3. The summed E-state index contributed by atoms with van der Waals surface area (Å²) < 4.78 is 5.60. The summed E-state index contributed by atoms with van der Waals surface area (Å²) in [5, 5.41) is 9.15. The largest absolute Gasteiger partial charge is 0.391 e. The van der Waals surface area contributed by atoms with Gasteiger partial charge in [-0.1, -0.05) is 6.92 Å². The first-order chi connectivity index (χ1) is 4.89. The Bertz CT molecular complexity index is 108. The molecule has 68 valence electrons. The van der Waals surface area contributed by atoms with Gasteiger partial charge in [0, 0.05) is 0 Å². The number of aliphatic hydroxyl groups is 1. The minimum atomic E-state index is -0.388. The maximum atomic E-state index is 9.15. The quantitative estimate of drug-likeness (QED) is 0.681. The predicted octanol–water partition coefficient (Wildman–Crippen LogP) is 1.96. The zero-order chi connectivity index (χ0) is 9.07. The summed E-state index contributed by atoms with van der Waals surface area (Å²) in [6.07, 6.45) is 0.495. The molecule has 0 rings (SSSR count). The molecule has 11 heavy (non-hydrogen) atoms. The number of hydrogen-bond acceptors (Lipinski definition) is 2. The van der Waals surface area contributed by atoms with E-state index < -0.39 is 0 Å². The van der Waals surface area contributed by atoms with Crippen molar-refractivity contribution in [3.63, 3.8) is 0 Å². The molecule has 0 heterocycles. The van der Waals surface area contributed by atoms with Crippen molar-refractivity contribution in [3.05, 3.63) is 0 Å². The number of hydrogen-bond donors (Lipinski definition) is 1. The van der Waals surface area contributed by atoms with Gasteiger partial charge in [-0.05, 0) is 34.1 Å². The van der Waals surface area contributed by atoms with Gasteiger partial charge in [-0.2, -0.15) is 0 Å². The first-order valence-electron chi connectivity index (χ1n) is 4.25. The second-order valence-corrected chi connectivity index (χ2v) is 3.68. The van der Waals surface area contributed by atoms with E-state index in [0.29, 0.717) is 0 Å². The molecule has 0 aliphatic rings. The highest BCUT2D eigenvalue weighted by Gasteiger charge is 2.21. The molecular weight excluding hydrogens is 140 g/mol. The van der Waals surface area contributed by atoms with Gasteiger partial charge in [0.15, 0.2) is 0 Å². The van der Waals surface area contributed by atoms with E-state index >= 15 is 0 Å². The SMILES string of the molecule is CCC(C)(C)OC(C)C(C)O. The average molecular weight is 160 g/mol. The van der Waals surface area contributed by atoms with E-state index in [1.165, 1.54) is 0 Å². The summed E-state index contributed by atoms with van der Waals surface area (Å²) in [5.74, 6) is 0. The lowest BCUT2D eigenvalue weighted by Gasteiger charge is -2.29. The molecule has 0 aliphatic heterocycles. The molecule has 0 aromatic carbocycles. The van der Waals surface area contributed by atoms with Crippen LogP contribution in [0.3, 0.4) is 0 Å². The molecule has 0 radical (unpaired) electrons. The highest BCUT2D eigenvalue weighted by atomic mass is 16.5. The molecule has 0 aromatic heterocycles. The summed E-state index contributed by atoms with van der Waals surface area (Å²) in [4.78, 5) is 0. The fourth-order valence-corrected chi connectivity index (χ4v) is 0.685. The van der Waals surface area contributed by atoms with Crippen LogP contribution in [0.1, 0.15) is 41.0 Å². The van der Waals surface area contributed by atoms with Crippen molar-refractivity contribution in [2.45, 2.75) is 58.8 Å². The van der Waals surface area contributed by atoms with Gasteiger partial charge in [-0.25, -0.2) is 0 Å². The summed E-state index contributed by atoms with van der Waals surface area (Å²) >= 11 is 0. The Labute approximate surface area is 69.6 Å². The third-order valence-electron chi connectivity index (χ3n) is 2.04. The van der Waals surface area contributed by atoms with Gasteiger partial charge in [0.2, 0.25) is 0 Å². The molecule has 0 amide bonds. The van der Waals surface area contributed by atoms with Crippen molar-refractivity contribution in [1.29, 1.82) is 0 Å². The topological polar surface area (TPSA) is 29.5 Å². The van der Waals surface area contributed by atoms with Crippen LogP contribution in [-0.4, -0.2) is 22.9 Å². The third-order valence-corrected chi connectivity index (χ3v) is 2.04. The molecule has 0 saturated carbocycles. The summed E-state index contributed by atoms with van der Waals surface area (Å²) in [5.41, 5.74) is -0.115. The van der Waals surface area contributed by atoms with Crippen LogP contribution in [0, 0.1) is 0 Å². The van der Waals surface area contributed by atoms with E-state index in [1.807, 2.05) is 20.8 Å². The molecule has 0 spiro atoms. The van der Waals surface area contributed by atoms with Gasteiger partial charge >= 0.3 is 0 Å². The molecule has 2 unspecified atom stereocenters. The molecule has 0 bridgehead atoms. The molecular formula is C9H20O2. The summed E-state index contributed by atoms with van der Waals surface area (Å²) in [6.45, 7) is 9.78. The van der Waals surface area contributed by atoms with Gasteiger partial charge in [0.25, 0.3) is 0 Å². The van der Waals surface area contributed by atoms with Crippen LogP contribution in [-0.2, 0) is 4.74 Å². The molecule has 0 saturated heterocycles. The van der Waals surface area contributed by atoms with Crippen LogP contribution in [0.2, 0.25) is 0 Å². The van der Waals surface area contributed by atoms with E-state index in [4.69, 9.17) is 9.84 Å². The third kappa shape index (κ3) is 4.38. The van der Waals surface area contributed by atoms with Crippen molar-refractivity contribution in [2.24, 2.45) is 0 Å². The number of rotatable bonds is 4. The lowest BCUT2D eigenvalue weighted by Crippen LogP contribution is -2.34. The molecule has 1 N–H and O–H groups in total. The van der Waals surface area contributed by atoms with Gasteiger partial charge in [0.05, 0.1) is 17.8 Å². The van der Waals surface area contributed by atoms with E-state index in [2.05, 4.69) is 6.92 Å². The van der Waals surface area contributed by atoms with Crippen molar-refractivity contribution in [3.8, 4) is 0 Å². The van der Waals surface area contributed by atoms with Crippen LogP contribution in [0.5, 0.6) is 0 Å². The molecule has 0 aliphatic carbocycles. The monoisotopic (exact) mass is 160 g/mol. The second-order valence-electron chi connectivity index (χ2n) is 3.68. The van der Waals surface area contributed by atoms with Crippen LogP contribution in [0.15, 0.2) is 0 Å². The van der Waals surface area contributed by atoms with Crippen molar-refractivity contribution in [1.82, 2.24) is 0 Å². The highest BCUT2D eigenvalue weighted by molar-refractivity contribution is 4.69. The minimum absolute atomic E-state index is 0.0788. The molecule has 2 heteroatoms. The van der Waals surface area contributed by atoms with Gasteiger partial charge in [0.1, 0.15) is 0 Å². The van der Waals surface area contributed by atoms with Crippen molar-refractivity contribution < 1.29 is 9.84 Å². The van der Waals surface area contributed by atoms with Gasteiger partial charge in [-0.3, -0.25) is 0 Å². The molecule has 0 aromatic rings. The van der Waals surface area contributed by atoms with Crippen molar-refractivity contribution in [2.75, 3.05) is 0 Å². The Hall–Kier alpha value is -0.0800. The highest BCUT2D eigenvalue weighted by Crippen LogP contribution is 2.17. The molecule has 2 nitrogen and oxygen atoms in total. The first kappa shape index (κ1) is 10.9. The lowest BCUT2D eigenvalue weighted by atomic mass is 10.1. The van der Waals surface area contributed by atoms with Gasteiger partial charge in [-0.15, -0.1) is 0 Å². The molecule has 0 fully saturated rings. The summed E-state index contributed by atoms with van der Waals surface area (Å²) in [7, 11) is 0.